The number of carbonyl (C=O) groups excluding carboxylic acids is 1. The van der Waals surface area contributed by atoms with Crippen LogP contribution in [0.4, 0.5) is 0 Å². The van der Waals surface area contributed by atoms with Crippen LogP contribution in [0.25, 0.3) is 10.9 Å². The van der Waals surface area contributed by atoms with Crippen molar-refractivity contribution in [2.75, 3.05) is 26.4 Å². The van der Waals surface area contributed by atoms with E-state index in [9.17, 15) is 4.79 Å². The maximum absolute atomic E-state index is 11.9. The third-order valence-corrected chi connectivity index (χ3v) is 3.33. The zero-order valence-corrected chi connectivity index (χ0v) is 12.3. The Balaban J connectivity index is 1.82. The van der Waals surface area contributed by atoms with Gasteiger partial charge in [0.05, 0.1) is 13.2 Å². The summed E-state index contributed by atoms with van der Waals surface area (Å²) in [6, 6.07) is 8.08. The molecule has 2 rings (SSSR count). The van der Waals surface area contributed by atoms with Crippen molar-refractivity contribution in [1.29, 1.82) is 0 Å². The first-order valence-electron chi connectivity index (χ1n) is 7.22. The van der Waals surface area contributed by atoms with Crippen LogP contribution in [-0.2, 0) is 16.1 Å². The van der Waals surface area contributed by atoms with Gasteiger partial charge in [-0.25, -0.2) is 0 Å². The molecule has 5 nitrogen and oxygen atoms in total. The number of para-hydroxylation sites is 1. The number of fused-ring (bicyclic) bond motifs is 1. The molecule has 2 N–H and O–H groups in total. The number of nitrogens with one attached hydrogen (secondary N) is 1. The van der Waals surface area contributed by atoms with Crippen LogP contribution in [0.1, 0.15) is 12.0 Å². The van der Waals surface area contributed by atoms with E-state index < -0.39 is 0 Å². The van der Waals surface area contributed by atoms with E-state index in [1.807, 2.05) is 29.0 Å². The molecule has 0 saturated heterocycles. The smallest absolute Gasteiger partial charge is 0.239 e. The third-order valence-electron chi connectivity index (χ3n) is 3.33. The molecule has 0 unspecified atom stereocenters. The number of aliphatic hydroxyl groups excluding tert-OH is 1. The molecule has 1 aromatic carbocycles. The summed E-state index contributed by atoms with van der Waals surface area (Å²) in [7, 11) is 0. The van der Waals surface area contributed by atoms with Crippen molar-refractivity contribution in [3.05, 3.63) is 36.0 Å². The molecule has 0 aliphatic rings. The van der Waals surface area contributed by atoms with Crippen LogP contribution in [0.15, 0.2) is 30.5 Å². The molecule has 1 amide bonds. The molecule has 0 aliphatic heterocycles. The number of carbonyl (C=O) groups is 1. The van der Waals surface area contributed by atoms with Gasteiger partial charge in [0.25, 0.3) is 0 Å². The Labute approximate surface area is 124 Å². The number of aliphatic hydroxyl groups is 1. The largest absolute Gasteiger partial charge is 0.394 e. The Morgan fingerprint density at radius 2 is 2.14 bits per heavy atom. The fourth-order valence-electron chi connectivity index (χ4n) is 2.34. The minimum absolute atomic E-state index is 0.00193. The van der Waals surface area contributed by atoms with E-state index in [1.165, 1.54) is 10.9 Å². The lowest BCUT2D eigenvalue weighted by atomic mass is 10.2. The SMILES string of the molecule is Cc1cn(CC(=O)NCCCOCCO)c2ccccc12. The number of nitrogens with zero attached hydrogens (tertiary/aromatic N) is 1. The van der Waals surface area contributed by atoms with Gasteiger partial charge in [0, 0.05) is 30.3 Å². The van der Waals surface area contributed by atoms with Crippen LogP contribution in [0.2, 0.25) is 0 Å². The molecule has 0 saturated carbocycles. The average Bonchev–Trinajstić information content (AvgIpc) is 2.80. The molecule has 114 valence electrons. The topological polar surface area (TPSA) is 63.5 Å². The Morgan fingerprint density at radius 3 is 2.95 bits per heavy atom. The normalized spacial score (nSPS) is 11.0. The van der Waals surface area contributed by atoms with E-state index in [0.717, 1.165) is 11.9 Å². The summed E-state index contributed by atoms with van der Waals surface area (Å²) in [5.41, 5.74) is 2.26. The van der Waals surface area contributed by atoms with Gasteiger partial charge in [0.2, 0.25) is 5.91 Å². The van der Waals surface area contributed by atoms with Gasteiger partial charge < -0.3 is 19.7 Å². The van der Waals surface area contributed by atoms with E-state index in [2.05, 4.69) is 18.3 Å². The number of benzene rings is 1. The lowest BCUT2D eigenvalue weighted by Crippen LogP contribution is -2.28. The van der Waals surface area contributed by atoms with Crippen molar-refractivity contribution in [2.45, 2.75) is 19.9 Å². The van der Waals surface area contributed by atoms with Crippen LogP contribution in [-0.4, -0.2) is 41.9 Å². The maximum atomic E-state index is 11.9. The first-order valence-corrected chi connectivity index (χ1v) is 7.22. The summed E-state index contributed by atoms with van der Waals surface area (Å²) in [4.78, 5) is 11.9. The highest BCUT2D eigenvalue weighted by molar-refractivity contribution is 5.85. The van der Waals surface area contributed by atoms with Gasteiger partial charge in [-0.3, -0.25) is 4.79 Å². The maximum Gasteiger partial charge on any atom is 0.239 e. The first kappa shape index (κ1) is 15.5. The van der Waals surface area contributed by atoms with Gasteiger partial charge in [-0.15, -0.1) is 0 Å². The summed E-state index contributed by atoms with van der Waals surface area (Å²) >= 11 is 0. The molecule has 2 aromatic rings. The van der Waals surface area contributed by atoms with Crippen molar-refractivity contribution in [3.63, 3.8) is 0 Å². The third kappa shape index (κ3) is 4.31. The highest BCUT2D eigenvalue weighted by Crippen LogP contribution is 2.19. The second-order valence-electron chi connectivity index (χ2n) is 5.00. The predicted molar refractivity (Wildman–Crippen MR) is 82.2 cm³/mol. The number of rotatable bonds is 8. The van der Waals surface area contributed by atoms with Gasteiger partial charge in [-0.05, 0) is 25.0 Å². The number of aromatic nitrogens is 1. The Bertz CT molecular complexity index is 592. The van der Waals surface area contributed by atoms with Crippen molar-refractivity contribution >= 4 is 16.8 Å². The van der Waals surface area contributed by atoms with Crippen LogP contribution >= 0.6 is 0 Å². The number of hydrogen-bond acceptors (Lipinski definition) is 3. The molecule has 0 bridgehead atoms. The summed E-state index contributed by atoms with van der Waals surface area (Å²) in [6.07, 6.45) is 2.76. The molecule has 0 fully saturated rings. The molecule has 0 aliphatic carbocycles. The zero-order valence-electron chi connectivity index (χ0n) is 12.3. The Kier molecular flexibility index (Phi) is 5.78. The van der Waals surface area contributed by atoms with E-state index in [1.54, 1.807) is 0 Å². The van der Waals surface area contributed by atoms with Crippen LogP contribution in [0, 0.1) is 6.92 Å². The number of ether oxygens (including phenoxy) is 1. The standard InChI is InChI=1S/C16H22N2O3/c1-13-11-18(15-6-3-2-5-14(13)15)12-16(20)17-7-4-9-21-10-8-19/h2-3,5-6,11,19H,4,7-10,12H2,1H3,(H,17,20). The quantitative estimate of drug-likeness (QED) is 0.724. The van der Waals surface area contributed by atoms with E-state index in [4.69, 9.17) is 9.84 Å². The minimum atomic E-state index is -0.00193. The molecular weight excluding hydrogens is 268 g/mol. The van der Waals surface area contributed by atoms with Crippen molar-refractivity contribution < 1.29 is 14.6 Å². The Hall–Kier alpha value is -1.85. The zero-order chi connectivity index (χ0) is 15.1. The molecule has 0 spiro atoms. The number of amides is 1. The van der Waals surface area contributed by atoms with Crippen molar-refractivity contribution in [1.82, 2.24) is 9.88 Å². The van der Waals surface area contributed by atoms with Crippen LogP contribution in [0.5, 0.6) is 0 Å². The van der Waals surface area contributed by atoms with Gasteiger partial charge in [-0.2, -0.15) is 0 Å². The van der Waals surface area contributed by atoms with Crippen molar-refractivity contribution in [3.8, 4) is 0 Å². The van der Waals surface area contributed by atoms with Gasteiger partial charge in [-0.1, -0.05) is 18.2 Å². The summed E-state index contributed by atoms with van der Waals surface area (Å²) in [5.74, 6) is -0.00193. The monoisotopic (exact) mass is 290 g/mol. The first-order chi connectivity index (χ1) is 10.2. The summed E-state index contributed by atoms with van der Waals surface area (Å²) < 4.78 is 7.11. The number of aryl methyl sites for hydroxylation is 1. The molecule has 5 heteroatoms. The van der Waals surface area contributed by atoms with E-state index in [-0.39, 0.29) is 12.5 Å². The van der Waals surface area contributed by atoms with Gasteiger partial charge in [0.15, 0.2) is 0 Å². The average molecular weight is 290 g/mol. The molecule has 1 heterocycles. The highest BCUT2D eigenvalue weighted by Gasteiger charge is 2.08. The van der Waals surface area contributed by atoms with Gasteiger partial charge >= 0.3 is 0 Å². The van der Waals surface area contributed by atoms with E-state index in [0.29, 0.717) is 26.3 Å². The summed E-state index contributed by atoms with van der Waals surface area (Å²) in [6.45, 7) is 3.89. The van der Waals surface area contributed by atoms with Gasteiger partial charge in [0.1, 0.15) is 6.54 Å². The number of hydrogen-bond donors (Lipinski definition) is 2. The predicted octanol–water partition coefficient (Wildman–Crippen LogP) is 1.46. The molecule has 0 atom stereocenters. The second-order valence-corrected chi connectivity index (χ2v) is 5.00. The highest BCUT2D eigenvalue weighted by atomic mass is 16.5. The second kappa shape index (κ2) is 7.81. The van der Waals surface area contributed by atoms with Crippen LogP contribution < -0.4 is 5.32 Å². The lowest BCUT2D eigenvalue weighted by Gasteiger charge is -2.07. The van der Waals surface area contributed by atoms with Crippen molar-refractivity contribution in [2.24, 2.45) is 0 Å². The molecular formula is C16H22N2O3. The fraction of sp³-hybridized carbons (Fsp3) is 0.438. The minimum Gasteiger partial charge on any atom is -0.394 e. The molecule has 1 aromatic heterocycles. The van der Waals surface area contributed by atoms with Crippen LogP contribution in [0.3, 0.4) is 0 Å². The summed E-state index contributed by atoms with van der Waals surface area (Å²) in [5, 5.41) is 12.6. The fourth-order valence-corrected chi connectivity index (χ4v) is 2.34. The molecule has 0 radical (unpaired) electrons. The lowest BCUT2D eigenvalue weighted by molar-refractivity contribution is -0.121. The molecule has 21 heavy (non-hydrogen) atoms. The Morgan fingerprint density at radius 1 is 1.33 bits per heavy atom. The van der Waals surface area contributed by atoms with E-state index >= 15 is 0 Å².